The van der Waals surface area contributed by atoms with Crippen LogP contribution in [0.1, 0.15) is 54.1 Å². The van der Waals surface area contributed by atoms with Crippen molar-refractivity contribution in [2.45, 2.75) is 44.0 Å². The summed E-state index contributed by atoms with van der Waals surface area (Å²) >= 11 is 0. The minimum Gasteiger partial charge on any atom is -0.370 e. The van der Waals surface area contributed by atoms with E-state index in [0.29, 0.717) is 16.8 Å². The van der Waals surface area contributed by atoms with E-state index in [4.69, 9.17) is 4.52 Å². The van der Waals surface area contributed by atoms with Gasteiger partial charge in [0.2, 0.25) is 0 Å². The molecule has 0 N–H and O–H groups in total. The van der Waals surface area contributed by atoms with Crippen molar-refractivity contribution in [2.75, 3.05) is 18.0 Å². The van der Waals surface area contributed by atoms with Gasteiger partial charge in [-0.3, -0.25) is 4.98 Å². The Morgan fingerprint density at radius 1 is 0.902 bits per heavy atom. The molecule has 0 radical (unpaired) electrons. The minimum absolute atomic E-state index is 0.00859. The maximum atomic E-state index is 13.7. The van der Waals surface area contributed by atoms with Crippen LogP contribution in [0.15, 0.2) is 65.3 Å². The van der Waals surface area contributed by atoms with E-state index in [9.17, 15) is 26.3 Å². The van der Waals surface area contributed by atoms with Crippen LogP contribution in [0.5, 0.6) is 0 Å². The number of fused-ring (bicyclic) bond motifs is 1. The Hall–Kier alpha value is -3.82. The normalized spacial score (nSPS) is 19.2. The molecule has 1 aliphatic heterocycles. The van der Waals surface area contributed by atoms with E-state index in [1.165, 1.54) is 18.3 Å². The van der Waals surface area contributed by atoms with Crippen LogP contribution in [0.2, 0.25) is 0 Å². The number of anilines is 1. The second-order valence-electron chi connectivity index (χ2n) is 11.6. The highest BCUT2D eigenvalue weighted by molar-refractivity contribution is 5.86. The number of nitrogens with zero attached hydrogens (tertiary/aromatic N) is 3. The summed E-state index contributed by atoms with van der Waals surface area (Å²) in [4.78, 5) is 6.16. The van der Waals surface area contributed by atoms with Crippen molar-refractivity contribution >= 4 is 22.7 Å². The molecule has 2 aliphatic carbocycles. The fourth-order valence-corrected chi connectivity index (χ4v) is 6.45. The van der Waals surface area contributed by atoms with Crippen LogP contribution < -0.4 is 4.90 Å². The zero-order valence-electron chi connectivity index (χ0n) is 21.8. The third-order valence-electron chi connectivity index (χ3n) is 8.57. The average Bonchev–Trinajstić information content (AvgIpc) is 3.64. The smallest absolute Gasteiger partial charge is 0.370 e. The van der Waals surface area contributed by atoms with Gasteiger partial charge in [0.25, 0.3) is 0 Å². The number of pyridine rings is 1. The molecule has 41 heavy (non-hydrogen) atoms. The predicted octanol–water partition coefficient (Wildman–Crippen LogP) is 8.73. The Labute approximate surface area is 231 Å². The zero-order valence-corrected chi connectivity index (χ0v) is 21.8. The molecule has 0 amide bonds. The molecule has 0 unspecified atom stereocenters. The molecule has 4 nitrogen and oxygen atoms in total. The Kier molecular flexibility index (Phi) is 5.79. The van der Waals surface area contributed by atoms with Gasteiger partial charge in [0.1, 0.15) is 11.5 Å². The topological polar surface area (TPSA) is 42.2 Å². The molecule has 7 rings (SSSR count). The van der Waals surface area contributed by atoms with Crippen LogP contribution in [0.25, 0.3) is 28.2 Å². The summed E-state index contributed by atoms with van der Waals surface area (Å²) in [7, 11) is 0. The molecule has 3 fully saturated rings. The van der Waals surface area contributed by atoms with Crippen molar-refractivity contribution in [3.05, 3.63) is 83.3 Å². The Bertz CT molecular complexity index is 1650. The summed E-state index contributed by atoms with van der Waals surface area (Å²) in [6, 6.07) is 11.4. The number of alkyl halides is 6. The van der Waals surface area contributed by atoms with Crippen molar-refractivity contribution in [3.63, 3.8) is 0 Å². The van der Waals surface area contributed by atoms with Crippen molar-refractivity contribution < 1.29 is 30.9 Å². The third kappa shape index (κ3) is 4.67. The quantitative estimate of drug-likeness (QED) is 0.226. The van der Waals surface area contributed by atoms with E-state index in [2.05, 4.69) is 15.0 Å². The van der Waals surface area contributed by atoms with Gasteiger partial charge in [-0.2, -0.15) is 26.3 Å². The lowest BCUT2D eigenvalue weighted by Crippen LogP contribution is -2.62. The van der Waals surface area contributed by atoms with Gasteiger partial charge in [-0.1, -0.05) is 35.5 Å². The summed E-state index contributed by atoms with van der Waals surface area (Å²) in [5.41, 5.74) is 0.547. The Balaban J connectivity index is 1.07. The molecule has 2 aromatic heterocycles. The monoisotopic (exact) mass is 569 g/mol. The molecule has 4 aromatic rings. The highest BCUT2D eigenvalue weighted by Crippen LogP contribution is 2.54. The van der Waals surface area contributed by atoms with Gasteiger partial charge < -0.3 is 9.42 Å². The first kappa shape index (κ1) is 26.1. The fraction of sp³-hybridized carbons (Fsp3) is 0.355. The summed E-state index contributed by atoms with van der Waals surface area (Å²) in [5.74, 6) is 1.07. The maximum Gasteiger partial charge on any atom is 0.417 e. The molecular weight excluding hydrogens is 544 g/mol. The van der Waals surface area contributed by atoms with Crippen LogP contribution in [0.3, 0.4) is 0 Å². The van der Waals surface area contributed by atoms with Gasteiger partial charge in [-0.15, -0.1) is 0 Å². The number of benzene rings is 2. The minimum atomic E-state index is -4.51. The fourth-order valence-electron chi connectivity index (χ4n) is 6.45. The molecule has 10 heteroatoms. The second-order valence-corrected chi connectivity index (χ2v) is 11.6. The first-order valence-corrected chi connectivity index (χ1v) is 13.6. The van der Waals surface area contributed by atoms with Gasteiger partial charge in [0.15, 0.2) is 0 Å². The number of hydrogen-bond acceptors (Lipinski definition) is 4. The lowest BCUT2D eigenvalue weighted by atomic mass is 9.57. The largest absolute Gasteiger partial charge is 0.417 e. The van der Waals surface area contributed by atoms with Crippen LogP contribution in [0, 0.1) is 11.3 Å². The second kappa shape index (κ2) is 9.09. The van der Waals surface area contributed by atoms with Crippen LogP contribution in [-0.4, -0.2) is 23.2 Å². The van der Waals surface area contributed by atoms with E-state index >= 15 is 0 Å². The van der Waals surface area contributed by atoms with E-state index in [1.807, 2.05) is 18.2 Å². The van der Waals surface area contributed by atoms with Gasteiger partial charge in [0.05, 0.1) is 16.6 Å². The van der Waals surface area contributed by atoms with Gasteiger partial charge in [-0.25, -0.2) is 0 Å². The standard InChI is InChI=1S/C31H25F6N3O/c32-30(33,34)24-4-2-1-3-21(24)27-22(28(41-39-27)19-6-7-19)9-5-18-14-29(15-18)16-40(17-29)20-8-10-26-23(13-20)25(11-12-38-26)31(35,36)37/h1-5,8-13,18-19H,6-7,14-17H2/b9-5+. The summed E-state index contributed by atoms with van der Waals surface area (Å²) < 4.78 is 87.3. The Morgan fingerprint density at radius 3 is 2.34 bits per heavy atom. The Morgan fingerprint density at radius 2 is 1.63 bits per heavy atom. The lowest BCUT2D eigenvalue weighted by molar-refractivity contribution is -0.137. The highest BCUT2D eigenvalue weighted by atomic mass is 19.4. The summed E-state index contributed by atoms with van der Waals surface area (Å²) in [6.45, 7) is 1.49. The van der Waals surface area contributed by atoms with Gasteiger partial charge in [0, 0.05) is 52.8 Å². The summed E-state index contributed by atoms with van der Waals surface area (Å²) in [6.07, 6.45) is -0.217. The molecule has 3 aliphatic rings. The molecule has 0 atom stereocenters. The number of aromatic nitrogens is 2. The predicted molar refractivity (Wildman–Crippen MR) is 142 cm³/mol. The SMILES string of the molecule is FC(F)(F)c1ccccc1-c1noc(C2CC2)c1/C=C/C1CC2(C1)CN(c1ccc3nccc(C(F)(F)F)c3c1)C2. The number of allylic oxidation sites excluding steroid dienone is 1. The zero-order chi connectivity index (χ0) is 28.6. The van der Waals surface area contributed by atoms with Gasteiger partial charge in [-0.05, 0) is 61.9 Å². The van der Waals surface area contributed by atoms with Crippen molar-refractivity contribution in [1.29, 1.82) is 0 Å². The number of rotatable bonds is 5. The molecule has 212 valence electrons. The first-order chi connectivity index (χ1) is 19.5. The molecular formula is C31H25F6N3O. The number of halogens is 6. The molecule has 0 bridgehead atoms. The van der Waals surface area contributed by atoms with E-state index in [-0.39, 0.29) is 33.9 Å². The molecule has 3 heterocycles. The highest BCUT2D eigenvalue weighted by Gasteiger charge is 2.51. The summed E-state index contributed by atoms with van der Waals surface area (Å²) in [5, 5.41) is 4.17. The van der Waals surface area contributed by atoms with Gasteiger partial charge >= 0.3 is 12.4 Å². The van der Waals surface area contributed by atoms with Crippen molar-refractivity contribution in [2.24, 2.45) is 11.3 Å². The third-order valence-corrected chi connectivity index (χ3v) is 8.57. The van der Waals surface area contributed by atoms with Crippen molar-refractivity contribution in [1.82, 2.24) is 10.1 Å². The average molecular weight is 570 g/mol. The molecule has 1 spiro atoms. The molecule has 2 aromatic carbocycles. The van der Waals surface area contributed by atoms with Crippen molar-refractivity contribution in [3.8, 4) is 11.3 Å². The maximum absolute atomic E-state index is 13.7. The van der Waals surface area contributed by atoms with Crippen LogP contribution in [0.4, 0.5) is 32.0 Å². The molecule has 2 saturated carbocycles. The van der Waals surface area contributed by atoms with E-state index in [0.717, 1.165) is 56.6 Å². The lowest BCUT2D eigenvalue weighted by Gasteiger charge is -2.59. The van der Waals surface area contributed by atoms with E-state index < -0.39 is 23.5 Å². The molecule has 1 saturated heterocycles. The first-order valence-electron chi connectivity index (χ1n) is 13.6. The van der Waals surface area contributed by atoms with E-state index in [1.54, 1.807) is 18.2 Å². The van der Waals surface area contributed by atoms with Crippen LogP contribution >= 0.6 is 0 Å². The van der Waals surface area contributed by atoms with Crippen LogP contribution in [-0.2, 0) is 12.4 Å². The number of hydrogen-bond donors (Lipinski definition) is 0.